The van der Waals surface area contributed by atoms with Crippen LogP contribution in [0.4, 0.5) is 11.4 Å². The van der Waals surface area contributed by atoms with Gasteiger partial charge < -0.3 is 15.7 Å². The van der Waals surface area contributed by atoms with Crippen molar-refractivity contribution in [1.82, 2.24) is 0 Å². The average molecular weight is 271 g/mol. The van der Waals surface area contributed by atoms with Gasteiger partial charge in [0.05, 0.1) is 5.69 Å². The van der Waals surface area contributed by atoms with Gasteiger partial charge in [-0.05, 0) is 40.5 Å². The van der Waals surface area contributed by atoms with E-state index in [1.165, 1.54) is 5.69 Å². The number of halogens is 1. The zero-order valence-corrected chi connectivity index (χ0v) is 10.1. The Hall–Kier alpha value is -0.740. The molecule has 1 aliphatic heterocycles. The Kier molecular flexibility index (Phi) is 3.17. The van der Waals surface area contributed by atoms with Gasteiger partial charge in [-0.2, -0.15) is 0 Å². The summed E-state index contributed by atoms with van der Waals surface area (Å²) in [6, 6.07) is 5.85. The van der Waals surface area contributed by atoms with E-state index in [9.17, 15) is 0 Å². The third kappa shape index (κ3) is 2.26. The van der Waals surface area contributed by atoms with Gasteiger partial charge in [0.1, 0.15) is 0 Å². The van der Waals surface area contributed by atoms with Gasteiger partial charge in [-0.25, -0.2) is 0 Å². The van der Waals surface area contributed by atoms with Crippen LogP contribution in [0.5, 0.6) is 0 Å². The minimum atomic E-state index is 0.281. The zero-order chi connectivity index (χ0) is 10.8. The molecule has 1 heterocycles. The number of benzene rings is 1. The van der Waals surface area contributed by atoms with Crippen LogP contribution in [-0.4, -0.2) is 24.8 Å². The number of hydrogen-bond donors (Lipinski definition) is 2. The highest BCUT2D eigenvalue weighted by Crippen LogP contribution is 2.31. The fraction of sp³-hybridized carbons (Fsp3) is 0.455. The molecule has 0 spiro atoms. The summed E-state index contributed by atoms with van der Waals surface area (Å²) in [4.78, 5) is 2.28. The summed E-state index contributed by atoms with van der Waals surface area (Å²) in [6.45, 7) is 2.22. The second-order valence-corrected chi connectivity index (χ2v) is 4.85. The number of hydrogen-bond acceptors (Lipinski definition) is 3. The third-order valence-corrected chi connectivity index (χ3v) is 3.49. The molecule has 0 aliphatic carbocycles. The maximum atomic E-state index is 9.09. The first kappa shape index (κ1) is 10.8. The lowest BCUT2D eigenvalue weighted by atomic mass is 10.1. The molecule has 1 fully saturated rings. The summed E-state index contributed by atoms with van der Waals surface area (Å²) in [5.41, 5.74) is 7.63. The van der Waals surface area contributed by atoms with Crippen molar-refractivity contribution in [2.45, 2.75) is 6.42 Å². The molecule has 2 rings (SSSR count). The van der Waals surface area contributed by atoms with E-state index in [1.807, 2.05) is 18.2 Å². The Morgan fingerprint density at radius 2 is 2.33 bits per heavy atom. The van der Waals surface area contributed by atoms with Crippen molar-refractivity contribution in [2.24, 2.45) is 5.92 Å². The van der Waals surface area contributed by atoms with Crippen molar-refractivity contribution < 1.29 is 5.11 Å². The largest absolute Gasteiger partial charge is 0.399 e. The summed E-state index contributed by atoms with van der Waals surface area (Å²) in [6.07, 6.45) is 1.06. The molecule has 1 aromatic rings. The SMILES string of the molecule is Nc1ccc(N2CC[C@@H](CO)C2)c(Br)c1. The lowest BCUT2D eigenvalue weighted by Gasteiger charge is -2.20. The van der Waals surface area contributed by atoms with Crippen molar-refractivity contribution in [3.63, 3.8) is 0 Å². The maximum absolute atomic E-state index is 9.09. The third-order valence-electron chi connectivity index (χ3n) is 2.86. The molecule has 1 atom stereocenters. The van der Waals surface area contributed by atoms with E-state index in [-0.39, 0.29) is 6.61 Å². The van der Waals surface area contributed by atoms with Gasteiger partial charge in [-0.3, -0.25) is 0 Å². The monoisotopic (exact) mass is 270 g/mol. The second-order valence-electron chi connectivity index (χ2n) is 3.99. The van der Waals surface area contributed by atoms with Crippen LogP contribution in [0.15, 0.2) is 22.7 Å². The summed E-state index contributed by atoms with van der Waals surface area (Å²) < 4.78 is 1.03. The van der Waals surface area contributed by atoms with E-state index in [4.69, 9.17) is 10.8 Å². The molecular weight excluding hydrogens is 256 g/mol. The van der Waals surface area contributed by atoms with Crippen molar-refractivity contribution in [1.29, 1.82) is 0 Å². The number of aliphatic hydroxyl groups is 1. The highest BCUT2D eigenvalue weighted by molar-refractivity contribution is 9.10. The molecular formula is C11H15BrN2O. The fourth-order valence-electron chi connectivity index (χ4n) is 1.98. The molecule has 1 aliphatic rings. The van der Waals surface area contributed by atoms with E-state index in [0.29, 0.717) is 5.92 Å². The Balaban J connectivity index is 2.17. The highest BCUT2D eigenvalue weighted by Gasteiger charge is 2.23. The smallest absolute Gasteiger partial charge is 0.0512 e. The minimum Gasteiger partial charge on any atom is -0.399 e. The first-order chi connectivity index (χ1) is 7.20. The van der Waals surface area contributed by atoms with Crippen LogP contribution in [0.2, 0.25) is 0 Å². The van der Waals surface area contributed by atoms with Gasteiger partial charge in [0, 0.05) is 35.8 Å². The van der Waals surface area contributed by atoms with Crippen LogP contribution in [-0.2, 0) is 0 Å². The molecule has 0 bridgehead atoms. The van der Waals surface area contributed by atoms with E-state index in [2.05, 4.69) is 20.8 Å². The Bertz CT molecular complexity index is 356. The van der Waals surface area contributed by atoms with Crippen molar-refractivity contribution in [3.05, 3.63) is 22.7 Å². The molecule has 15 heavy (non-hydrogen) atoms. The summed E-state index contributed by atoms with van der Waals surface area (Å²) in [5, 5.41) is 9.09. The molecule has 3 N–H and O–H groups in total. The van der Waals surface area contributed by atoms with Gasteiger partial charge in [0.25, 0.3) is 0 Å². The number of nitrogens with two attached hydrogens (primary N) is 1. The molecule has 4 heteroatoms. The predicted octanol–water partition coefficient (Wildman–Crippen LogP) is 1.85. The molecule has 1 saturated heterocycles. The van der Waals surface area contributed by atoms with Gasteiger partial charge in [-0.15, -0.1) is 0 Å². The lowest BCUT2D eigenvalue weighted by Crippen LogP contribution is -2.20. The average Bonchev–Trinajstić information content (AvgIpc) is 2.66. The van der Waals surface area contributed by atoms with Gasteiger partial charge >= 0.3 is 0 Å². The molecule has 0 unspecified atom stereocenters. The summed E-state index contributed by atoms with van der Waals surface area (Å²) in [7, 11) is 0. The molecule has 1 aromatic carbocycles. The predicted molar refractivity (Wildman–Crippen MR) is 66.0 cm³/mol. The Labute approximate surface area is 98.0 Å². The summed E-state index contributed by atoms with van der Waals surface area (Å²) >= 11 is 3.51. The topological polar surface area (TPSA) is 49.5 Å². The second kappa shape index (κ2) is 4.41. The van der Waals surface area contributed by atoms with E-state index < -0.39 is 0 Å². The van der Waals surface area contributed by atoms with E-state index in [0.717, 1.165) is 29.7 Å². The van der Waals surface area contributed by atoms with Crippen molar-refractivity contribution in [2.75, 3.05) is 30.3 Å². The van der Waals surface area contributed by atoms with Crippen LogP contribution < -0.4 is 10.6 Å². The van der Waals surface area contributed by atoms with Gasteiger partial charge in [0.15, 0.2) is 0 Å². The quantitative estimate of drug-likeness (QED) is 0.807. The number of nitrogens with zero attached hydrogens (tertiary/aromatic N) is 1. The van der Waals surface area contributed by atoms with Crippen LogP contribution in [0.3, 0.4) is 0 Å². The normalized spacial score (nSPS) is 20.9. The van der Waals surface area contributed by atoms with Crippen LogP contribution in [0, 0.1) is 5.92 Å². The number of anilines is 2. The summed E-state index contributed by atoms with van der Waals surface area (Å²) in [5.74, 6) is 0.412. The standard InChI is InChI=1S/C11H15BrN2O/c12-10-5-9(13)1-2-11(10)14-4-3-8(6-14)7-15/h1-2,5,8,15H,3-4,6-7,13H2/t8-/m1/s1. The van der Waals surface area contributed by atoms with E-state index in [1.54, 1.807) is 0 Å². The van der Waals surface area contributed by atoms with Gasteiger partial charge in [0.2, 0.25) is 0 Å². The number of rotatable bonds is 2. The molecule has 0 saturated carbocycles. The fourth-order valence-corrected chi connectivity index (χ4v) is 2.63. The van der Waals surface area contributed by atoms with Crippen LogP contribution in [0.25, 0.3) is 0 Å². The molecule has 0 amide bonds. The molecule has 0 aromatic heterocycles. The maximum Gasteiger partial charge on any atom is 0.0512 e. The Morgan fingerprint density at radius 1 is 1.53 bits per heavy atom. The van der Waals surface area contributed by atoms with Gasteiger partial charge in [-0.1, -0.05) is 0 Å². The number of aliphatic hydroxyl groups excluding tert-OH is 1. The molecule has 3 nitrogen and oxygen atoms in total. The first-order valence-electron chi connectivity index (χ1n) is 5.11. The Morgan fingerprint density at radius 3 is 2.93 bits per heavy atom. The van der Waals surface area contributed by atoms with Crippen LogP contribution >= 0.6 is 15.9 Å². The first-order valence-corrected chi connectivity index (χ1v) is 5.91. The van der Waals surface area contributed by atoms with E-state index >= 15 is 0 Å². The number of nitrogen functional groups attached to an aromatic ring is 1. The van der Waals surface area contributed by atoms with Crippen molar-refractivity contribution in [3.8, 4) is 0 Å². The highest BCUT2D eigenvalue weighted by atomic mass is 79.9. The zero-order valence-electron chi connectivity index (χ0n) is 8.49. The van der Waals surface area contributed by atoms with Crippen LogP contribution in [0.1, 0.15) is 6.42 Å². The lowest BCUT2D eigenvalue weighted by molar-refractivity contribution is 0.238. The van der Waals surface area contributed by atoms with Crippen molar-refractivity contribution >= 4 is 27.3 Å². The molecule has 0 radical (unpaired) electrons. The molecule has 82 valence electrons. The minimum absolute atomic E-state index is 0.281.